The number of nitrogens with zero attached hydrogens (tertiary/aromatic N) is 3. The number of imidazole rings is 1. The molecule has 3 aromatic rings. The van der Waals surface area contributed by atoms with Gasteiger partial charge in [0.2, 0.25) is 0 Å². The largest absolute Gasteiger partial charge is 0.352 e. The Morgan fingerprint density at radius 1 is 1.41 bits per heavy atom. The van der Waals surface area contributed by atoms with Crippen molar-refractivity contribution in [1.29, 1.82) is 0 Å². The Morgan fingerprint density at radius 2 is 2.30 bits per heavy atom. The number of carbonyl (C=O) groups excluding carboxylic acids is 1. The zero-order valence-corrected chi connectivity index (χ0v) is 16.3. The van der Waals surface area contributed by atoms with Gasteiger partial charge in [-0.25, -0.2) is 9.97 Å². The standard InChI is InChI=1S/C20H23N5OS/c1-13-24-18(11-27-13)14-4-3-5-15(6-14)20(26)23-8-16-7-21-9-17(16)19-10-22-12-25(19)2/h3-6,10-12,16-17,21H,7-9H2,1-2H3,(H,23,26)/t16-,17+/m0/s1. The summed E-state index contributed by atoms with van der Waals surface area (Å²) in [4.78, 5) is 21.4. The maximum atomic E-state index is 12.7. The van der Waals surface area contributed by atoms with Gasteiger partial charge in [-0.05, 0) is 25.0 Å². The van der Waals surface area contributed by atoms with Gasteiger partial charge in [-0.15, -0.1) is 11.3 Å². The van der Waals surface area contributed by atoms with E-state index in [0.717, 1.165) is 29.4 Å². The molecule has 3 heterocycles. The van der Waals surface area contributed by atoms with Crippen LogP contribution in [-0.4, -0.2) is 40.1 Å². The summed E-state index contributed by atoms with van der Waals surface area (Å²) >= 11 is 1.61. The fourth-order valence-corrected chi connectivity index (χ4v) is 4.28. The van der Waals surface area contributed by atoms with Crippen LogP contribution in [0.2, 0.25) is 0 Å². The number of hydrogen-bond donors (Lipinski definition) is 2. The molecule has 1 amide bonds. The van der Waals surface area contributed by atoms with Crippen molar-refractivity contribution in [3.63, 3.8) is 0 Å². The minimum atomic E-state index is -0.0422. The summed E-state index contributed by atoms with van der Waals surface area (Å²) in [5.41, 5.74) is 3.77. The number of nitrogens with one attached hydrogen (secondary N) is 2. The van der Waals surface area contributed by atoms with Gasteiger partial charge in [-0.1, -0.05) is 12.1 Å². The maximum absolute atomic E-state index is 12.7. The summed E-state index contributed by atoms with van der Waals surface area (Å²) in [5, 5.41) is 9.59. The lowest BCUT2D eigenvalue weighted by Gasteiger charge is -2.19. The van der Waals surface area contributed by atoms with Crippen LogP contribution in [0.25, 0.3) is 11.3 Å². The Kier molecular flexibility index (Phi) is 5.05. The lowest BCUT2D eigenvalue weighted by molar-refractivity contribution is 0.0947. The first-order chi connectivity index (χ1) is 13.1. The molecule has 0 unspecified atom stereocenters. The van der Waals surface area contributed by atoms with E-state index < -0.39 is 0 Å². The average Bonchev–Trinajstić information content (AvgIpc) is 3.40. The second kappa shape index (κ2) is 7.62. The van der Waals surface area contributed by atoms with Crippen LogP contribution in [0.1, 0.15) is 27.0 Å². The van der Waals surface area contributed by atoms with Crippen molar-refractivity contribution < 1.29 is 4.79 Å². The van der Waals surface area contributed by atoms with Crippen molar-refractivity contribution in [2.45, 2.75) is 12.8 Å². The molecule has 0 saturated carbocycles. The normalized spacial score (nSPS) is 19.3. The van der Waals surface area contributed by atoms with E-state index >= 15 is 0 Å². The summed E-state index contributed by atoms with van der Waals surface area (Å²) in [6.45, 7) is 4.44. The predicted octanol–water partition coefficient (Wildman–Crippen LogP) is 2.59. The van der Waals surface area contributed by atoms with E-state index in [0.29, 0.717) is 23.9 Å². The van der Waals surface area contributed by atoms with E-state index in [1.54, 1.807) is 11.3 Å². The molecule has 4 rings (SSSR count). The molecule has 1 aliphatic rings. The molecule has 1 aliphatic heterocycles. The van der Waals surface area contributed by atoms with Crippen molar-refractivity contribution in [3.05, 3.63) is 58.4 Å². The molecule has 27 heavy (non-hydrogen) atoms. The zero-order chi connectivity index (χ0) is 18.8. The topological polar surface area (TPSA) is 71.8 Å². The van der Waals surface area contributed by atoms with Gasteiger partial charge in [-0.2, -0.15) is 0 Å². The quantitative estimate of drug-likeness (QED) is 0.713. The molecule has 1 fully saturated rings. The maximum Gasteiger partial charge on any atom is 0.251 e. The fraction of sp³-hybridized carbons (Fsp3) is 0.350. The molecule has 0 spiro atoms. The Hall–Kier alpha value is -2.51. The van der Waals surface area contributed by atoms with E-state index in [1.807, 2.05) is 56.1 Å². The smallest absolute Gasteiger partial charge is 0.251 e. The van der Waals surface area contributed by atoms with Crippen LogP contribution in [0.15, 0.2) is 42.2 Å². The first-order valence-corrected chi connectivity index (χ1v) is 9.97. The Labute approximate surface area is 162 Å². The molecule has 0 bridgehead atoms. The molecule has 1 aromatic carbocycles. The summed E-state index contributed by atoms with van der Waals surface area (Å²) < 4.78 is 2.06. The van der Waals surface area contributed by atoms with Gasteiger partial charge in [-0.3, -0.25) is 4.79 Å². The zero-order valence-electron chi connectivity index (χ0n) is 15.5. The van der Waals surface area contributed by atoms with Crippen molar-refractivity contribution in [2.24, 2.45) is 13.0 Å². The van der Waals surface area contributed by atoms with Gasteiger partial charge in [0.05, 0.1) is 17.0 Å². The third-order valence-electron chi connectivity index (χ3n) is 5.14. The number of carbonyl (C=O) groups is 1. The van der Waals surface area contributed by atoms with Gasteiger partial charge in [0.15, 0.2) is 0 Å². The van der Waals surface area contributed by atoms with Crippen molar-refractivity contribution >= 4 is 17.2 Å². The number of rotatable bonds is 5. The van der Waals surface area contributed by atoms with E-state index in [-0.39, 0.29) is 5.91 Å². The monoisotopic (exact) mass is 381 g/mol. The van der Waals surface area contributed by atoms with Gasteiger partial charge in [0.25, 0.3) is 5.91 Å². The number of benzene rings is 1. The molecule has 0 radical (unpaired) electrons. The minimum absolute atomic E-state index is 0.0422. The molecule has 2 aromatic heterocycles. The van der Waals surface area contributed by atoms with Crippen molar-refractivity contribution in [1.82, 2.24) is 25.2 Å². The summed E-state index contributed by atoms with van der Waals surface area (Å²) in [5.74, 6) is 0.676. The number of aryl methyl sites for hydroxylation is 2. The number of aromatic nitrogens is 3. The lowest BCUT2D eigenvalue weighted by atomic mass is 9.93. The molecular formula is C20H23N5OS. The van der Waals surface area contributed by atoms with Crippen LogP contribution in [0.5, 0.6) is 0 Å². The summed E-state index contributed by atoms with van der Waals surface area (Å²) in [7, 11) is 2.02. The second-order valence-corrected chi connectivity index (χ2v) is 8.06. The van der Waals surface area contributed by atoms with Crippen molar-refractivity contribution in [3.8, 4) is 11.3 Å². The van der Waals surface area contributed by atoms with Gasteiger partial charge < -0.3 is 15.2 Å². The predicted molar refractivity (Wildman–Crippen MR) is 107 cm³/mol. The Morgan fingerprint density at radius 3 is 3.04 bits per heavy atom. The Bertz CT molecular complexity index is 947. The van der Waals surface area contributed by atoms with Gasteiger partial charge in [0.1, 0.15) is 0 Å². The highest BCUT2D eigenvalue weighted by molar-refractivity contribution is 7.09. The molecule has 2 atom stereocenters. The van der Waals surface area contributed by atoms with Gasteiger partial charge >= 0.3 is 0 Å². The van der Waals surface area contributed by atoms with E-state index in [2.05, 4.69) is 25.2 Å². The molecule has 0 aliphatic carbocycles. The van der Waals surface area contributed by atoms with Crippen LogP contribution < -0.4 is 10.6 Å². The molecular weight excluding hydrogens is 358 g/mol. The average molecular weight is 382 g/mol. The first kappa shape index (κ1) is 17.9. The second-order valence-electron chi connectivity index (χ2n) is 7.00. The highest BCUT2D eigenvalue weighted by atomic mass is 32.1. The highest BCUT2D eigenvalue weighted by Gasteiger charge is 2.30. The van der Waals surface area contributed by atoms with Crippen molar-refractivity contribution in [2.75, 3.05) is 19.6 Å². The van der Waals surface area contributed by atoms with Crippen LogP contribution in [0.3, 0.4) is 0 Å². The lowest BCUT2D eigenvalue weighted by Crippen LogP contribution is -2.32. The third-order valence-corrected chi connectivity index (χ3v) is 5.91. The van der Waals surface area contributed by atoms with E-state index in [9.17, 15) is 4.79 Å². The first-order valence-electron chi connectivity index (χ1n) is 9.09. The number of thiazole rings is 1. The van der Waals surface area contributed by atoms with Crippen LogP contribution >= 0.6 is 11.3 Å². The molecule has 140 valence electrons. The third kappa shape index (κ3) is 3.79. The molecule has 7 heteroatoms. The van der Waals surface area contributed by atoms with Gasteiger partial charge in [0, 0.05) is 61.0 Å². The van der Waals surface area contributed by atoms with E-state index in [4.69, 9.17) is 0 Å². The van der Waals surface area contributed by atoms with E-state index in [1.165, 1.54) is 5.69 Å². The highest BCUT2D eigenvalue weighted by Crippen LogP contribution is 2.27. The molecule has 6 nitrogen and oxygen atoms in total. The van der Waals surface area contributed by atoms with Crippen LogP contribution in [-0.2, 0) is 7.05 Å². The van der Waals surface area contributed by atoms with Crippen LogP contribution in [0, 0.1) is 12.8 Å². The molecule has 1 saturated heterocycles. The minimum Gasteiger partial charge on any atom is -0.352 e. The molecule has 2 N–H and O–H groups in total. The summed E-state index contributed by atoms with van der Waals surface area (Å²) in [6, 6.07) is 7.66. The SMILES string of the molecule is Cc1nc(-c2cccc(C(=O)NC[C@@H]3CNC[C@H]3c3cncn3C)c2)cs1. The number of amides is 1. The fourth-order valence-electron chi connectivity index (χ4n) is 3.66. The van der Waals surface area contributed by atoms with Crippen LogP contribution in [0.4, 0.5) is 0 Å². The Balaban J connectivity index is 1.43. The number of hydrogen-bond acceptors (Lipinski definition) is 5. The summed E-state index contributed by atoms with van der Waals surface area (Å²) in [6.07, 6.45) is 3.75.